The minimum Gasteiger partial charge on any atom is -0.327 e. The number of halogens is 3. The minimum atomic E-state index is -4.64. The van der Waals surface area contributed by atoms with Crippen molar-refractivity contribution in [1.29, 1.82) is 0 Å². The summed E-state index contributed by atoms with van der Waals surface area (Å²) in [5.41, 5.74) is -0.856. The summed E-state index contributed by atoms with van der Waals surface area (Å²) in [4.78, 5) is 31.1. The summed E-state index contributed by atoms with van der Waals surface area (Å²) in [6.45, 7) is 3.83. The van der Waals surface area contributed by atoms with Gasteiger partial charge in [-0.2, -0.15) is 13.2 Å². The van der Waals surface area contributed by atoms with Crippen LogP contribution in [0.2, 0.25) is 0 Å². The molecule has 8 heteroatoms. The summed E-state index contributed by atoms with van der Waals surface area (Å²) >= 11 is 0. The Hall–Kier alpha value is -3.16. The molecule has 0 saturated heterocycles. The van der Waals surface area contributed by atoms with Crippen LogP contribution < -0.4 is 10.9 Å². The van der Waals surface area contributed by atoms with Gasteiger partial charge in [-0.1, -0.05) is 32.0 Å². The van der Waals surface area contributed by atoms with Gasteiger partial charge in [0.15, 0.2) is 0 Å². The van der Waals surface area contributed by atoms with Crippen LogP contribution in [0.3, 0.4) is 0 Å². The van der Waals surface area contributed by atoms with E-state index in [1.807, 2.05) is 18.8 Å². The van der Waals surface area contributed by atoms with E-state index in [2.05, 4.69) is 10.3 Å². The van der Waals surface area contributed by atoms with E-state index in [9.17, 15) is 22.8 Å². The maximum atomic E-state index is 12.9. The number of carbonyl (C=O) groups excluding carboxylic acids is 1. The van der Waals surface area contributed by atoms with E-state index in [1.54, 1.807) is 30.3 Å². The lowest BCUT2D eigenvalue weighted by Crippen LogP contribution is -2.22. The van der Waals surface area contributed by atoms with Crippen molar-refractivity contribution in [2.24, 2.45) is 0 Å². The highest BCUT2D eigenvalue weighted by molar-refractivity contribution is 6.12. The Morgan fingerprint density at radius 2 is 1.89 bits per heavy atom. The third kappa shape index (κ3) is 3.84. The zero-order valence-electron chi connectivity index (χ0n) is 14.5. The van der Waals surface area contributed by atoms with Gasteiger partial charge in [-0.05, 0) is 24.1 Å². The lowest BCUT2D eigenvalue weighted by atomic mass is 10.0. The molecule has 0 fully saturated rings. The molecule has 5 nitrogen and oxygen atoms in total. The van der Waals surface area contributed by atoms with Gasteiger partial charge in [0.2, 0.25) is 0 Å². The summed E-state index contributed by atoms with van der Waals surface area (Å²) in [7, 11) is 0. The number of anilines is 1. The summed E-state index contributed by atoms with van der Waals surface area (Å²) in [6.07, 6.45) is -4.07. The predicted molar refractivity (Wildman–Crippen MR) is 95.8 cm³/mol. The zero-order valence-corrected chi connectivity index (χ0v) is 14.5. The van der Waals surface area contributed by atoms with E-state index < -0.39 is 28.9 Å². The average molecular weight is 375 g/mol. The van der Waals surface area contributed by atoms with Gasteiger partial charge >= 0.3 is 6.18 Å². The van der Waals surface area contributed by atoms with Crippen LogP contribution in [0.4, 0.5) is 18.9 Å². The molecule has 140 valence electrons. The van der Waals surface area contributed by atoms with E-state index in [0.29, 0.717) is 28.9 Å². The molecule has 2 N–H and O–H groups in total. The number of pyridine rings is 2. The van der Waals surface area contributed by atoms with Gasteiger partial charge in [-0.15, -0.1) is 0 Å². The molecule has 0 aliphatic rings. The lowest BCUT2D eigenvalue weighted by molar-refractivity contribution is -0.137. The van der Waals surface area contributed by atoms with Crippen LogP contribution in [-0.4, -0.2) is 15.9 Å². The number of carbonyl (C=O) groups is 1. The molecule has 0 radical (unpaired) electrons. The SMILES string of the molecule is CC(C)c1cc(C(=O)Nc2cc(C(F)(F)F)c[nH]c2=O)c2ccccc2n1. The number of hydrogen-bond acceptors (Lipinski definition) is 3. The number of hydrogen-bond donors (Lipinski definition) is 2. The molecule has 0 aliphatic carbocycles. The maximum Gasteiger partial charge on any atom is 0.417 e. The van der Waals surface area contributed by atoms with E-state index in [0.717, 1.165) is 0 Å². The summed E-state index contributed by atoms with van der Waals surface area (Å²) in [6, 6.07) is 9.14. The number of H-pyrrole nitrogens is 1. The van der Waals surface area contributed by atoms with Gasteiger partial charge in [-0.3, -0.25) is 14.6 Å². The van der Waals surface area contributed by atoms with Crippen LogP contribution in [0.1, 0.15) is 41.4 Å². The second-order valence-electron chi connectivity index (χ2n) is 6.35. The molecule has 2 aromatic heterocycles. The van der Waals surface area contributed by atoms with E-state index in [-0.39, 0.29) is 11.5 Å². The molecule has 1 aromatic carbocycles. The van der Waals surface area contributed by atoms with Crippen LogP contribution in [0, 0.1) is 0 Å². The van der Waals surface area contributed by atoms with Crippen LogP contribution in [0.5, 0.6) is 0 Å². The monoisotopic (exact) mass is 375 g/mol. The Morgan fingerprint density at radius 3 is 2.56 bits per heavy atom. The minimum absolute atomic E-state index is 0.0399. The second kappa shape index (κ2) is 6.86. The first-order valence-electron chi connectivity index (χ1n) is 8.18. The number of fused-ring (bicyclic) bond motifs is 1. The predicted octanol–water partition coefficient (Wildman–Crippen LogP) is 4.32. The molecule has 0 unspecified atom stereocenters. The molecule has 27 heavy (non-hydrogen) atoms. The van der Waals surface area contributed by atoms with Gasteiger partial charge < -0.3 is 10.3 Å². The van der Waals surface area contributed by atoms with Crippen molar-refractivity contribution in [2.45, 2.75) is 25.9 Å². The number of benzene rings is 1. The van der Waals surface area contributed by atoms with E-state index >= 15 is 0 Å². The normalized spacial score (nSPS) is 11.8. The van der Waals surface area contributed by atoms with Crippen LogP contribution in [-0.2, 0) is 6.18 Å². The Balaban J connectivity index is 2.06. The summed E-state index contributed by atoms with van der Waals surface area (Å²) < 4.78 is 38.6. The number of amides is 1. The zero-order chi connectivity index (χ0) is 19.8. The Kier molecular flexibility index (Phi) is 4.73. The highest BCUT2D eigenvalue weighted by Crippen LogP contribution is 2.29. The molecule has 0 atom stereocenters. The van der Waals surface area contributed by atoms with Gasteiger partial charge in [0.25, 0.3) is 11.5 Å². The third-order valence-electron chi connectivity index (χ3n) is 4.05. The fourth-order valence-electron chi connectivity index (χ4n) is 2.61. The Labute approximate surface area is 152 Å². The van der Waals surface area contributed by atoms with Crippen molar-refractivity contribution in [3.63, 3.8) is 0 Å². The Morgan fingerprint density at radius 1 is 1.19 bits per heavy atom. The van der Waals surface area contributed by atoms with E-state index in [1.165, 1.54) is 0 Å². The quantitative estimate of drug-likeness (QED) is 0.716. The van der Waals surface area contributed by atoms with Crippen LogP contribution >= 0.6 is 0 Å². The first-order valence-corrected chi connectivity index (χ1v) is 8.18. The van der Waals surface area contributed by atoms with Gasteiger partial charge in [0, 0.05) is 17.3 Å². The highest BCUT2D eigenvalue weighted by Gasteiger charge is 2.31. The molecule has 0 saturated carbocycles. The van der Waals surface area contributed by atoms with Crippen LogP contribution in [0.15, 0.2) is 47.4 Å². The standard InChI is InChI=1S/C19H16F3N3O2/c1-10(2)15-8-13(12-5-3-4-6-14(12)24-15)17(26)25-16-7-11(19(20,21)22)9-23-18(16)27/h3-10H,1-2H3,(H,23,27)(H,25,26). The van der Waals surface area contributed by atoms with Crippen molar-refractivity contribution in [1.82, 2.24) is 9.97 Å². The topological polar surface area (TPSA) is 74.8 Å². The molecule has 0 bridgehead atoms. The third-order valence-corrected chi connectivity index (χ3v) is 4.05. The van der Waals surface area contributed by atoms with Crippen molar-refractivity contribution < 1.29 is 18.0 Å². The molecular formula is C19H16F3N3O2. The fourth-order valence-corrected chi connectivity index (χ4v) is 2.61. The summed E-state index contributed by atoms with van der Waals surface area (Å²) in [5.74, 6) is -0.640. The molecule has 0 spiro atoms. The number of alkyl halides is 3. The number of nitrogens with zero attached hydrogens (tertiary/aromatic N) is 1. The number of aromatic nitrogens is 2. The number of aromatic amines is 1. The van der Waals surface area contributed by atoms with Crippen molar-refractivity contribution in [3.05, 3.63) is 69.8 Å². The smallest absolute Gasteiger partial charge is 0.327 e. The largest absolute Gasteiger partial charge is 0.417 e. The average Bonchev–Trinajstić information content (AvgIpc) is 2.61. The molecular weight excluding hydrogens is 359 g/mol. The second-order valence-corrected chi connectivity index (χ2v) is 6.35. The number of para-hydroxylation sites is 1. The van der Waals surface area contributed by atoms with Gasteiger partial charge in [-0.25, -0.2) is 0 Å². The molecule has 1 amide bonds. The van der Waals surface area contributed by atoms with Crippen molar-refractivity contribution in [2.75, 3.05) is 5.32 Å². The van der Waals surface area contributed by atoms with Crippen LogP contribution in [0.25, 0.3) is 10.9 Å². The lowest BCUT2D eigenvalue weighted by Gasteiger charge is -2.12. The van der Waals surface area contributed by atoms with Gasteiger partial charge in [0.05, 0.1) is 16.6 Å². The molecule has 0 aliphatic heterocycles. The first-order chi connectivity index (χ1) is 12.7. The Bertz CT molecular complexity index is 1070. The van der Waals surface area contributed by atoms with E-state index in [4.69, 9.17) is 0 Å². The molecule has 3 aromatic rings. The van der Waals surface area contributed by atoms with Crippen molar-refractivity contribution >= 4 is 22.5 Å². The number of nitrogens with one attached hydrogen (secondary N) is 2. The van der Waals surface area contributed by atoms with Gasteiger partial charge in [0.1, 0.15) is 5.69 Å². The van der Waals surface area contributed by atoms with Crippen molar-refractivity contribution in [3.8, 4) is 0 Å². The fraction of sp³-hybridized carbons (Fsp3) is 0.211. The maximum absolute atomic E-state index is 12.9. The summed E-state index contributed by atoms with van der Waals surface area (Å²) in [5, 5.41) is 2.83. The number of rotatable bonds is 3. The first kappa shape index (κ1) is 18.6. The highest BCUT2D eigenvalue weighted by atomic mass is 19.4. The molecule has 3 rings (SSSR count). The molecule has 2 heterocycles.